The molecule has 1 amide bonds. The van der Waals surface area contributed by atoms with Gasteiger partial charge in [0.05, 0.1) is 0 Å². The molecular formula is C21H25N3O3. The van der Waals surface area contributed by atoms with Crippen LogP contribution < -0.4 is 14.8 Å². The number of nitrogens with one attached hydrogen (secondary N) is 1. The topological polar surface area (TPSA) is 63.7 Å². The maximum absolute atomic E-state index is 11.4. The molecule has 1 aromatic heterocycles. The number of ether oxygens (including phenoxy) is 2. The lowest BCUT2D eigenvalue weighted by molar-refractivity contribution is -0.129. The Kier molecular flexibility index (Phi) is 5.25. The van der Waals surface area contributed by atoms with Gasteiger partial charge in [-0.15, -0.1) is 0 Å². The minimum absolute atomic E-state index is 0.134. The Labute approximate surface area is 159 Å². The zero-order valence-electron chi connectivity index (χ0n) is 15.6. The van der Waals surface area contributed by atoms with E-state index in [0.717, 1.165) is 38.0 Å². The van der Waals surface area contributed by atoms with Crippen molar-refractivity contribution in [1.82, 2.24) is 15.2 Å². The summed E-state index contributed by atoms with van der Waals surface area (Å²) in [5, 5.41) is 3.61. The van der Waals surface area contributed by atoms with Crippen LogP contribution in [0.4, 0.5) is 0 Å². The molecule has 3 heterocycles. The second kappa shape index (κ2) is 7.96. The lowest BCUT2D eigenvalue weighted by atomic mass is 10.0. The highest BCUT2D eigenvalue weighted by Gasteiger charge is 2.23. The number of pyridine rings is 1. The smallest absolute Gasteiger partial charge is 0.257 e. The number of aromatic nitrogens is 1. The fourth-order valence-electron chi connectivity index (χ4n) is 3.58. The summed E-state index contributed by atoms with van der Waals surface area (Å²) in [5.41, 5.74) is 2.33. The van der Waals surface area contributed by atoms with E-state index in [1.54, 1.807) is 13.1 Å². The quantitative estimate of drug-likeness (QED) is 0.900. The molecule has 1 saturated heterocycles. The average Bonchev–Trinajstić information content (AvgIpc) is 2.72. The van der Waals surface area contributed by atoms with Crippen molar-refractivity contribution in [2.24, 2.45) is 0 Å². The molecule has 6 heteroatoms. The summed E-state index contributed by atoms with van der Waals surface area (Å²) < 4.78 is 11.7. The molecule has 0 bridgehead atoms. The van der Waals surface area contributed by atoms with Gasteiger partial charge in [-0.1, -0.05) is 24.3 Å². The van der Waals surface area contributed by atoms with Crippen LogP contribution in [0.1, 0.15) is 37.0 Å². The Morgan fingerprint density at radius 1 is 1.22 bits per heavy atom. The maximum atomic E-state index is 11.4. The minimum Gasteiger partial charge on any atom is -0.484 e. The third kappa shape index (κ3) is 4.22. The number of hydrogen-bond donors (Lipinski definition) is 1. The van der Waals surface area contributed by atoms with Gasteiger partial charge in [-0.3, -0.25) is 4.79 Å². The molecule has 27 heavy (non-hydrogen) atoms. The molecule has 1 atom stereocenters. The van der Waals surface area contributed by atoms with Crippen molar-refractivity contribution in [1.29, 1.82) is 0 Å². The number of amides is 1. The summed E-state index contributed by atoms with van der Waals surface area (Å²) in [6, 6.07) is 12.6. The van der Waals surface area contributed by atoms with Gasteiger partial charge in [0, 0.05) is 38.8 Å². The number of fused-ring (bicyclic) bond motifs is 1. The normalized spacial score (nSPS) is 19.7. The number of benzene rings is 1. The van der Waals surface area contributed by atoms with Crippen LogP contribution >= 0.6 is 0 Å². The third-order valence-corrected chi connectivity index (χ3v) is 5.27. The van der Waals surface area contributed by atoms with Crippen LogP contribution in [-0.4, -0.2) is 41.5 Å². The molecule has 2 aliphatic rings. The van der Waals surface area contributed by atoms with E-state index < -0.39 is 0 Å². The highest BCUT2D eigenvalue weighted by Crippen LogP contribution is 2.33. The monoisotopic (exact) mass is 367 g/mol. The van der Waals surface area contributed by atoms with Crippen molar-refractivity contribution in [2.75, 3.05) is 19.7 Å². The summed E-state index contributed by atoms with van der Waals surface area (Å²) in [7, 11) is 0. The first-order valence-corrected chi connectivity index (χ1v) is 9.51. The zero-order valence-corrected chi connectivity index (χ0v) is 15.6. The Bertz CT molecular complexity index is 786. The van der Waals surface area contributed by atoms with Gasteiger partial charge in [0.1, 0.15) is 6.61 Å². The van der Waals surface area contributed by atoms with E-state index in [1.165, 1.54) is 5.56 Å². The number of carbonyl (C=O) groups excluding carboxylic acids is 1. The number of rotatable bonds is 4. The van der Waals surface area contributed by atoms with E-state index >= 15 is 0 Å². The number of carbonyl (C=O) groups is 1. The zero-order chi connectivity index (χ0) is 18.6. The molecule has 0 unspecified atom stereocenters. The van der Waals surface area contributed by atoms with Crippen molar-refractivity contribution in [3.05, 3.63) is 53.7 Å². The Hall–Kier alpha value is -2.60. The largest absolute Gasteiger partial charge is 0.484 e. The molecule has 0 saturated carbocycles. The molecule has 1 aromatic carbocycles. The van der Waals surface area contributed by atoms with E-state index in [-0.39, 0.29) is 12.0 Å². The maximum Gasteiger partial charge on any atom is 0.257 e. The van der Waals surface area contributed by atoms with E-state index in [9.17, 15) is 4.79 Å². The molecule has 6 nitrogen and oxygen atoms in total. The number of nitrogens with zero attached hydrogens (tertiary/aromatic N) is 2. The van der Waals surface area contributed by atoms with Gasteiger partial charge in [0.25, 0.3) is 5.88 Å². The van der Waals surface area contributed by atoms with Crippen LogP contribution in [0.2, 0.25) is 0 Å². The highest BCUT2D eigenvalue weighted by molar-refractivity contribution is 5.73. The van der Waals surface area contributed by atoms with Crippen LogP contribution in [0, 0.1) is 0 Å². The third-order valence-electron chi connectivity index (χ3n) is 5.27. The molecule has 4 rings (SSSR count). The Balaban J connectivity index is 1.29. The number of piperidine rings is 1. The first-order valence-electron chi connectivity index (χ1n) is 9.51. The SMILES string of the molecule is CC(=O)N1CCC(NCc2ccc([C@H]3COc4cccnc4O3)cc2)CC1. The molecule has 1 N–H and O–H groups in total. The second-order valence-electron chi connectivity index (χ2n) is 7.13. The molecule has 142 valence electrons. The molecular weight excluding hydrogens is 342 g/mol. The molecule has 0 radical (unpaired) electrons. The van der Waals surface area contributed by atoms with Gasteiger partial charge in [0.2, 0.25) is 5.91 Å². The molecule has 2 aromatic rings. The summed E-state index contributed by atoms with van der Waals surface area (Å²) in [4.78, 5) is 17.5. The van der Waals surface area contributed by atoms with Crippen LogP contribution in [0.3, 0.4) is 0 Å². The molecule has 1 fully saturated rings. The summed E-state index contributed by atoms with van der Waals surface area (Å²) in [6.45, 7) is 4.66. The lowest BCUT2D eigenvalue weighted by Crippen LogP contribution is -2.43. The fourth-order valence-corrected chi connectivity index (χ4v) is 3.58. The Morgan fingerprint density at radius 2 is 2.00 bits per heavy atom. The van der Waals surface area contributed by atoms with E-state index in [2.05, 4.69) is 34.6 Å². The lowest BCUT2D eigenvalue weighted by Gasteiger charge is -2.31. The fraction of sp³-hybridized carbons (Fsp3) is 0.429. The van der Waals surface area contributed by atoms with Gasteiger partial charge in [-0.05, 0) is 36.1 Å². The Morgan fingerprint density at radius 3 is 2.74 bits per heavy atom. The summed E-state index contributed by atoms with van der Waals surface area (Å²) >= 11 is 0. The first kappa shape index (κ1) is 17.8. The van der Waals surface area contributed by atoms with Crippen LogP contribution in [-0.2, 0) is 11.3 Å². The van der Waals surface area contributed by atoms with Gasteiger partial charge >= 0.3 is 0 Å². The number of hydrogen-bond acceptors (Lipinski definition) is 5. The minimum atomic E-state index is -0.134. The van der Waals surface area contributed by atoms with Gasteiger partial charge in [0.15, 0.2) is 11.9 Å². The van der Waals surface area contributed by atoms with E-state index in [1.807, 2.05) is 17.0 Å². The van der Waals surface area contributed by atoms with Gasteiger partial charge in [-0.2, -0.15) is 0 Å². The van der Waals surface area contributed by atoms with Crippen LogP contribution in [0.5, 0.6) is 11.6 Å². The highest BCUT2D eigenvalue weighted by atomic mass is 16.6. The standard InChI is InChI=1S/C21H25N3O3/c1-15(25)24-11-8-18(9-12-24)23-13-16-4-6-17(7-5-16)20-14-26-19-3-2-10-22-21(19)27-20/h2-7,10,18,20,23H,8-9,11-14H2,1H3/t20-/m1/s1. The predicted octanol–water partition coefficient (Wildman–Crippen LogP) is 2.69. The number of likely N-dealkylation sites (tertiary alicyclic amines) is 1. The molecule has 0 aliphatic carbocycles. The summed E-state index contributed by atoms with van der Waals surface area (Å²) in [5.74, 6) is 1.43. The first-order chi connectivity index (χ1) is 13.2. The van der Waals surface area contributed by atoms with Crippen molar-refractivity contribution in [2.45, 2.75) is 38.5 Å². The van der Waals surface area contributed by atoms with E-state index in [4.69, 9.17) is 9.47 Å². The van der Waals surface area contributed by atoms with Gasteiger partial charge in [-0.25, -0.2) is 4.98 Å². The molecule has 0 spiro atoms. The van der Waals surface area contributed by atoms with Crippen LogP contribution in [0.25, 0.3) is 0 Å². The van der Waals surface area contributed by atoms with Crippen molar-refractivity contribution >= 4 is 5.91 Å². The van der Waals surface area contributed by atoms with Crippen LogP contribution in [0.15, 0.2) is 42.6 Å². The van der Waals surface area contributed by atoms with Crippen molar-refractivity contribution < 1.29 is 14.3 Å². The van der Waals surface area contributed by atoms with Gasteiger partial charge < -0.3 is 19.7 Å². The molecule has 2 aliphatic heterocycles. The predicted molar refractivity (Wildman–Crippen MR) is 102 cm³/mol. The second-order valence-corrected chi connectivity index (χ2v) is 7.13. The van der Waals surface area contributed by atoms with Crippen molar-refractivity contribution in [3.8, 4) is 11.6 Å². The summed E-state index contributed by atoms with van der Waals surface area (Å²) in [6.07, 6.45) is 3.60. The van der Waals surface area contributed by atoms with E-state index in [0.29, 0.717) is 24.3 Å². The van der Waals surface area contributed by atoms with Crippen molar-refractivity contribution in [3.63, 3.8) is 0 Å². The average molecular weight is 367 g/mol.